The second-order valence-corrected chi connectivity index (χ2v) is 7.72. The van der Waals surface area contributed by atoms with E-state index in [0.717, 1.165) is 36.4 Å². The van der Waals surface area contributed by atoms with E-state index in [1.165, 1.54) is 6.33 Å². The lowest BCUT2D eigenvalue weighted by Crippen LogP contribution is -2.33. The molecule has 2 aromatic carbocycles. The van der Waals surface area contributed by atoms with Gasteiger partial charge in [0.05, 0.1) is 32.1 Å². The van der Waals surface area contributed by atoms with Gasteiger partial charge in [-0.3, -0.25) is 9.69 Å². The first-order valence-corrected chi connectivity index (χ1v) is 10.4. The molecule has 0 radical (unpaired) electrons. The van der Waals surface area contributed by atoms with E-state index >= 15 is 0 Å². The van der Waals surface area contributed by atoms with E-state index < -0.39 is 0 Å². The van der Waals surface area contributed by atoms with Crippen LogP contribution in [0, 0.1) is 0 Å². The SMILES string of the molecule is COc1ccc(OC)c(C2CCCN2CC(=O)Nc2cc(Cl)ccc2-n2cncn2)c1. The van der Waals surface area contributed by atoms with E-state index in [0.29, 0.717) is 16.4 Å². The monoisotopic (exact) mass is 441 g/mol. The van der Waals surface area contributed by atoms with Crippen molar-refractivity contribution in [2.45, 2.75) is 18.9 Å². The third kappa shape index (κ3) is 4.65. The zero-order chi connectivity index (χ0) is 21.8. The lowest BCUT2D eigenvalue weighted by Gasteiger charge is -2.26. The maximum Gasteiger partial charge on any atom is 0.238 e. The normalized spacial score (nSPS) is 16.3. The van der Waals surface area contributed by atoms with E-state index in [4.69, 9.17) is 21.1 Å². The Hall–Kier alpha value is -3.10. The maximum absolute atomic E-state index is 13.0. The second kappa shape index (κ2) is 9.36. The highest BCUT2D eigenvalue weighted by Gasteiger charge is 2.30. The summed E-state index contributed by atoms with van der Waals surface area (Å²) >= 11 is 6.16. The minimum atomic E-state index is -0.127. The Labute approximate surface area is 185 Å². The summed E-state index contributed by atoms with van der Waals surface area (Å²) < 4.78 is 12.5. The number of nitrogens with zero attached hydrogens (tertiary/aromatic N) is 4. The van der Waals surface area contributed by atoms with Crippen molar-refractivity contribution in [2.75, 3.05) is 32.6 Å². The molecular weight excluding hydrogens is 418 g/mol. The molecule has 0 spiro atoms. The first-order valence-electron chi connectivity index (χ1n) is 9.99. The van der Waals surface area contributed by atoms with Crippen molar-refractivity contribution in [3.63, 3.8) is 0 Å². The molecule has 1 fully saturated rings. The number of rotatable bonds is 7. The molecule has 4 rings (SSSR count). The zero-order valence-electron chi connectivity index (χ0n) is 17.4. The van der Waals surface area contributed by atoms with Crippen LogP contribution in [-0.4, -0.2) is 52.9 Å². The Balaban J connectivity index is 1.53. The molecule has 0 aliphatic carbocycles. The molecule has 1 amide bonds. The Bertz CT molecular complexity index is 1060. The summed E-state index contributed by atoms with van der Waals surface area (Å²) in [5.41, 5.74) is 2.30. The Kier molecular flexibility index (Phi) is 6.39. The van der Waals surface area contributed by atoms with Crippen LogP contribution < -0.4 is 14.8 Å². The number of carbonyl (C=O) groups excluding carboxylic acids is 1. The van der Waals surface area contributed by atoms with E-state index in [1.807, 2.05) is 18.2 Å². The van der Waals surface area contributed by atoms with Crippen LogP contribution in [0.25, 0.3) is 5.69 Å². The number of benzene rings is 2. The first-order chi connectivity index (χ1) is 15.1. The predicted molar refractivity (Wildman–Crippen MR) is 118 cm³/mol. The summed E-state index contributed by atoms with van der Waals surface area (Å²) in [5, 5.41) is 7.66. The van der Waals surface area contributed by atoms with Gasteiger partial charge in [0.1, 0.15) is 24.2 Å². The van der Waals surface area contributed by atoms with E-state index in [9.17, 15) is 4.79 Å². The van der Waals surface area contributed by atoms with Gasteiger partial charge in [0.25, 0.3) is 0 Å². The van der Waals surface area contributed by atoms with Crippen LogP contribution in [0.5, 0.6) is 11.5 Å². The summed E-state index contributed by atoms with van der Waals surface area (Å²) in [6, 6.07) is 11.1. The summed E-state index contributed by atoms with van der Waals surface area (Å²) in [4.78, 5) is 19.1. The van der Waals surface area contributed by atoms with Crippen LogP contribution in [0.15, 0.2) is 49.1 Å². The molecule has 1 aromatic heterocycles. The largest absolute Gasteiger partial charge is 0.497 e. The van der Waals surface area contributed by atoms with Crippen molar-refractivity contribution >= 4 is 23.2 Å². The topological polar surface area (TPSA) is 81.5 Å². The molecule has 2 heterocycles. The van der Waals surface area contributed by atoms with E-state index in [2.05, 4.69) is 20.3 Å². The standard InChI is InChI=1S/C22H24ClN5O3/c1-30-16-6-8-21(31-2)17(11-16)19-4-3-9-27(19)12-22(29)26-18-10-15(23)5-7-20(18)28-14-24-13-25-28/h5-8,10-11,13-14,19H,3-4,9,12H2,1-2H3,(H,26,29). The molecule has 31 heavy (non-hydrogen) atoms. The van der Waals surface area contributed by atoms with Gasteiger partial charge in [-0.15, -0.1) is 0 Å². The molecule has 162 valence electrons. The number of halogens is 1. The molecule has 1 atom stereocenters. The summed E-state index contributed by atoms with van der Waals surface area (Å²) in [5.74, 6) is 1.43. The summed E-state index contributed by atoms with van der Waals surface area (Å²) in [6.07, 6.45) is 4.96. The van der Waals surface area contributed by atoms with Crippen molar-refractivity contribution in [3.05, 3.63) is 59.6 Å². The van der Waals surface area contributed by atoms with Crippen LogP contribution in [0.1, 0.15) is 24.4 Å². The predicted octanol–water partition coefficient (Wildman–Crippen LogP) is 3.71. The number of carbonyl (C=O) groups is 1. The fraction of sp³-hybridized carbons (Fsp3) is 0.318. The number of ether oxygens (including phenoxy) is 2. The number of anilines is 1. The molecule has 1 saturated heterocycles. The fourth-order valence-electron chi connectivity index (χ4n) is 3.98. The Morgan fingerprint density at radius 2 is 2.10 bits per heavy atom. The van der Waals surface area contributed by atoms with Gasteiger partial charge in [0, 0.05) is 16.6 Å². The minimum absolute atomic E-state index is 0.0740. The van der Waals surface area contributed by atoms with Crippen molar-refractivity contribution < 1.29 is 14.3 Å². The van der Waals surface area contributed by atoms with Gasteiger partial charge < -0.3 is 14.8 Å². The van der Waals surface area contributed by atoms with Crippen molar-refractivity contribution in [1.29, 1.82) is 0 Å². The van der Waals surface area contributed by atoms with Gasteiger partial charge in [-0.1, -0.05) is 11.6 Å². The average molecular weight is 442 g/mol. The quantitative estimate of drug-likeness (QED) is 0.602. The van der Waals surface area contributed by atoms with Crippen molar-refractivity contribution in [2.24, 2.45) is 0 Å². The van der Waals surface area contributed by atoms with Gasteiger partial charge in [-0.05, 0) is 55.8 Å². The highest BCUT2D eigenvalue weighted by Crippen LogP contribution is 2.38. The number of hydrogen-bond acceptors (Lipinski definition) is 6. The average Bonchev–Trinajstić information content (AvgIpc) is 3.45. The number of likely N-dealkylation sites (tertiary alicyclic amines) is 1. The smallest absolute Gasteiger partial charge is 0.238 e. The zero-order valence-corrected chi connectivity index (χ0v) is 18.2. The molecule has 1 N–H and O–H groups in total. The Morgan fingerprint density at radius 3 is 2.84 bits per heavy atom. The van der Waals surface area contributed by atoms with Crippen molar-refractivity contribution in [1.82, 2.24) is 19.7 Å². The molecule has 1 unspecified atom stereocenters. The van der Waals surface area contributed by atoms with Crippen LogP contribution >= 0.6 is 11.6 Å². The lowest BCUT2D eigenvalue weighted by atomic mass is 10.0. The van der Waals surface area contributed by atoms with Crippen LogP contribution in [0.4, 0.5) is 5.69 Å². The van der Waals surface area contributed by atoms with E-state index in [1.54, 1.807) is 43.4 Å². The number of hydrogen-bond donors (Lipinski definition) is 1. The highest BCUT2D eigenvalue weighted by molar-refractivity contribution is 6.31. The highest BCUT2D eigenvalue weighted by atomic mass is 35.5. The maximum atomic E-state index is 13.0. The number of methoxy groups -OCH3 is 2. The van der Waals surface area contributed by atoms with Crippen LogP contribution in [-0.2, 0) is 4.79 Å². The van der Waals surface area contributed by atoms with Crippen LogP contribution in [0.3, 0.4) is 0 Å². The first kappa shape index (κ1) is 21.1. The van der Waals surface area contributed by atoms with Gasteiger partial charge in [-0.2, -0.15) is 5.10 Å². The van der Waals surface area contributed by atoms with Gasteiger partial charge >= 0.3 is 0 Å². The molecule has 1 aliphatic rings. The molecule has 0 saturated carbocycles. The van der Waals surface area contributed by atoms with Gasteiger partial charge in [0.2, 0.25) is 5.91 Å². The molecule has 8 nitrogen and oxygen atoms in total. The molecule has 0 bridgehead atoms. The number of aromatic nitrogens is 3. The molecule has 3 aromatic rings. The minimum Gasteiger partial charge on any atom is -0.497 e. The number of nitrogens with one attached hydrogen (secondary N) is 1. The Morgan fingerprint density at radius 1 is 1.23 bits per heavy atom. The lowest BCUT2D eigenvalue weighted by molar-refractivity contribution is -0.117. The molecule has 1 aliphatic heterocycles. The molecular formula is C22H24ClN5O3. The third-order valence-corrected chi connectivity index (χ3v) is 5.64. The molecule has 9 heteroatoms. The van der Waals surface area contributed by atoms with Crippen LogP contribution in [0.2, 0.25) is 5.02 Å². The van der Waals surface area contributed by atoms with Gasteiger partial charge in [0.15, 0.2) is 0 Å². The van der Waals surface area contributed by atoms with E-state index in [-0.39, 0.29) is 18.5 Å². The second-order valence-electron chi connectivity index (χ2n) is 7.29. The van der Waals surface area contributed by atoms with Crippen molar-refractivity contribution in [3.8, 4) is 17.2 Å². The number of amides is 1. The fourth-order valence-corrected chi connectivity index (χ4v) is 4.15. The summed E-state index contributed by atoms with van der Waals surface area (Å²) in [6.45, 7) is 1.07. The summed E-state index contributed by atoms with van der Waals surface area (Å²) in [7, 11) is 3.30. The van der Waals surface area contributed by atoms with Gasteiger partial charge in [-0.25, -0.2) is 9.67 Å². The third-order valence-electron chi connectivity index (χ3n) is 5.40.